The van der Waals surface area contributed by atoms with E-state index in [4.69, 9.17) is 0 Å². The molecule has 1 amide bonds. The van der Waals surface area contributed by atoms with Crippen LogP contribution in [0.2, 0.25) is 0 Å². The van der Waals surface area contributed by atoms with Gasteiger partial charge in [0.05, 0.1) is 4.92 Å². The minimum atomic E-state index is -0.520. The van der Waals surface area contributed by atoms with Gasteiger partial charge in [-0.05, 0) is 12.1 Å². The van der Waals surface area contributed by atoms with Crippen LogP contribution in [-0.4, -0.2) is 26.4 Å². The Hall–Kier alpha value is -3.02. The Morgan fingerprint density at radius 1 is 1.00 bits per heavy atom. The third-order valence-corrected chi connectivity index (χ3v) is 3.13. The maximum atomic E-state index is 12.2. The van der Waals surface area contributed by atoms with Crippen LogP contribution >= 0.6 is 0 Å². The van der Waals surface area contributed by atoms with Crippen LogP contribution in [0.5, 0.6) is 0 Å². The average Bonchev–Trinajstić information content (AvgIpc) is 2.72. The lowest BCUT2D eigenvalue weighted by Crippen LogP contribution is -2.15. The number of nitro groups is 1. The largest absolute Gasteiger partial charge is 0.459 e. The minimum absolute atomic E-state index is 0.0719. The van der Waals surface area contributed by atoms with Crippen LogP contribution in [0.15, 0.2) is 48.5 Å². The highest BCUT2D eigenvalue weighted by Crippen LogP contribution is 2.25. The molecule has 0 saturated carbocycles. The fraction of sp³-hybridized carbons (Fsp3) is 0. The number of benzene rings is 2. The highest BCUT2D eigenvalue weighted by molar-refractivity contribution is 6.10. The topological polar surface area (TPSA) is 83.4 Å². The Morgan fingerprint density at radius 2 is 1.60 bits per heavy atom. The molecule has 2 aromatic carbocycles. The molecule has 0 unspecified atom stereocenters. The summed E-state index contributed by atoms with van der Waals surface area (Å²) in [4.78, 5) is 22.3. The van der Waals surface area contributed by atoms with Crippen molar-refractivity contribution in [2.24, 2.45) is 0 Å². The Labute approximate surface area is 113 Å². The van der Waals surface area contributed by atoms with Gasteiger partial charge >= 0.3 is 11.8 Å². The van der Waals surface area contributed by atoms with Crippen molar-refractivity contribution in [3.05, 3.63) is 69.8 Å². The second kappa shape index (κ2) is 4.27. The minimum Gasteiger partial charge on any atom is -0.459 e. The molecular weight excluding hydrogens is 260 g/mol. The molecule has 20 heavy (non-hydrogen) atoms. The van der Waals surface area contributed by atoms with Crippen molar-refractivity contribution in [2.45, 2.75) is 0 Å². The summed E-state index contributed by atoms with van der Waals surface area (Å²) in [5.74, 6) is -0.522. The van der Waals surface area contributed by atoms with Crippen LogP contribution in [0.1, 0.15) is 15.9 Å². The molecule has 0 saturated heterocycles. The molecule has 0 fully saturated rings. The number of aliphatic hydroxyl groups excluding tert-OH is 1. The van der Waals surface area contributed by atoms with Gasteiger partial charge in [0.1, 0.15) is 11.1 Å². The smallest absolute Gasteiger partial charge is 0.429 e. The molecule has 0 bridgehead atoms. The van der Waals surface area contributed by atoms with Crippen LogP contribution < -0.4 is 0 Å². The van der Waals surface area contributed by atoms with E-state index in [0.717, 1.165) is 4.58 Å². The maximum absolute atomic E-state index is 12.2. The predicted octanol–water partition coefficient (Wildman–Crippen LogP) is 2.40. The number of amides is 1. The van der Waals surface area contributed by atoms with Crippen LogP contribution in [0.4, 0.5) is 11.4 Å². The van der Waals surface area contributed by atoms with E-state index in [-0.39, 0.29) is 17.5 Å². The van der Waals surface area contributed by atoms with Crippen LogP contribution in [0.3, 0.4) is 0 Å². The molecule has 3 rings (SSSR count). The first-order valence-corrected chi connectivity index (χ1v) is 5.84. The monoisotopic (exact) mass is 269 g/mol. The molecule has 6 nitrogen and oxygen atoms in total. The van der Waals surface area contributed by atoms with Crippen molar-refractivity contribution in [2.75, 3.05) is 0 Å². The number of nitro benzene ring substituents is 1. The quantitative estimate of drug-likeness (QED) is 0.515. The van der Waals surface area contributed by atoms with E-state index in [0.29, 0.717) is 16.8 Å². The zero-order chi connectivity index (χ0) is 14.3. The van der Waals surface area contributed by atoms with E-state index in [9.17, 15) is 20.0 Å². The lowest BCUT2D eigenvalue weighted by atomic mass is 10.1. The first-order chi connectivity index (χ1) is 9.59. The standard InChI is InChI=1S/C14H8N2O4/c17-13-11-3-1-2-4-12(11)14(18)15(13)9-5-7-10(8-6-9)16(19)20/h1-8H/p+1. The predicted molar refractivity (Wildman–Crippen MR) is 70.5 cm³/mol. The summed E-state index contributed by atoms with van der Waals surface area (Å²) >= 11 is 0. The molecule has 1 heterocycles. The summed E-state index contributed by atoms with van der Waals surface area (Å²) in [6.45, 7) is 0. The van der Waals surface area contributed by atoms with Gasteiger partial charge in [0, 0.05) is 24.3 Å². The van der Waals surface area contributed by atoms with Gasteiger partial charge in [-0.1, -0.05) is 16.7 Å². The lowest BCUT2D eigenvalue weighted by molar-refractivity contribution is -0.385. The molecule has 1 aliphatic rings. The van der Waals surface area contributed by atoms with Crippen molar-refractivity contribution in [1.82, 2.24) is 0 Å². The van der Waals surface area contributed by atoms with Gasteiger partial charge in [-0.15, -0.1) is 0 Å². The fourth-order valence-electron chi connectivity index (χ4n) is 2.16. The number of aliphatic hydroxyl groups is 1. The van der Waals surface area contributed by atoms with Crippen molar-refractivity contribution in [3.63, 3.8) is 0 Å². The van der Waals surface area contributed by atoms with Gasteiger partial charge in [0.25, 0.3) is 5.69 Å². The number of carbonyl (C=O) groups is 1. The summed E-state index contributed by atoms with van der Waals surface area (Å²) in [5.41, 5.74) is 1.17. The number of nitrogens with zero attached hydrogens (tertiary/aromatic N) is 2. The first kappa shape index (κ1) is 12.0. The second-order valence-electron chi connectivity index (χ2n) is 4.28. The summed E-state index contributed by atoms with van der Waals surface area (Å²) in [6, 6.07) is 12.1. The molecule has 0 radical (unpaired) electrons. The van der Waals surface area contributed by atoms with Gasteiger partial charge in [-0.3, -0.25) is 10.1 Å². The number of fused-ring (bicyclic) bond motifs is 1. The Morgan fingerprint density at radius 3 is 2.15 bits per heavy atom. The molecule has 98 valence electrons. The molecule has 0 spiro atoms. The van der Waals surface area contributed by atoms with Crippen LogP contribution in [0.25, 0.3) is 0 Å². The maximum Gasteiger partial charge on any atom is 0.429 e. The van der Waals surface area contributed by atoms with Gasteiger partial charge in [0.15, 0.2) is 0 Å². The zero-order valence-electron chi connectivity index (χ0n) is 10.2. The van der Waals surface area contributed by atoms with Crippen LogP contribution in [-0.2, 0) is 0 Å². The second-order valence-corrected chi connectivity index (χ2v) is 4.28. The Balaban J connectivity index is 2.10. The molecule has 0 aliphatic carbocycles. The molecule has 1 N–H and O–H groups in total. The van der Waals surface area contributed by atoms with Crippen molar-refractivity contribution >= 4 is 23.2 Å². The number of hydrogen-bond acceptors (Lipinski definition) is 3. The molecular formula is C14H9N2O4+. The van der Waals surface area contributed by atoms with E-state index in [1.807, 2.05) is 0 Å². The van der Waals surface area contributed by atoms with Gasteiger partial charge in [-0.2, -0.15) is 0 Å². The van der Waals surface area contributed by atoms with Gasteiger partial charge in [0.2, 0.25) is 5.69 Å². The molecule has 0 aromatic heterocycles. The normalized spacial score (nSPS) is 13.5. The Kier molecular flexibility index (Phi) is 2.57. The average molecular weight is 269 g/mol. The molecule has 1 aliphatic heterocycles. The zero-order valence-corrected chi connectivity index (χ0v) is 10.2. The van der Waals surface area contributed by atoms with Crippen molar-refractivity contribution in [1.29, 1.82) is 0 Å². The Bertz CT molecular complexity index is 763. The summed E-state index contributed by atoms with van der Waals surface area (Å²) in [5, 5.41) is 20.7. The van der Waals surface area contributed by atoms with E-state index < -0.39 is 4.92 Å². The van der Waals surface area contributed by atoms with E-state index in [1.54, 1.807) is 24.3 Å². The molecule has 6 heteroatoms. The first-order valence-electron chi connectivity index (χ1n) is 5.84. The van der Waals surface area contributed by atoms with E-state index in [2.05, 4.69) is 0 Å². The van der Waals surface area contributed by atoms with Gasteiger partial charge in [-0.25, -0.2) is 4.79 Å². The number of non-ortho nitro benzene ring substituents is 1. The number of hydrogen-bond donors (Lipinski definition) is 1. The summed E-state index contributed by atoms with van der Waals surface area (Å²) in [6.07, 6.45) is 0. The van der Waals surface area contributed by atoms with E-state index in [1.165, 1.54) is 24.3 Å². The summed E-state index contributed by atoms with van der Waals surface area (Å²) in [7, 11) is 0. The fourth-order valence-corrected chi connectivity index (χ4v) is 2.16. The third kappa shape index (κ3) is 1.66. The number of carbonyl (C=O) groups excluding carboxylic acids is 1. The van der Waals surface area contributed by atoms with E-state index >= 15 is 0 Å². The molecule has 2 aromatic rings. The lowest BCUT2D eigenvalue weighted by Gasteiger charge is -1.95. The summed E-state index contributed by atoms with van der Waals surface area (Å²) < 4.78 is 1.13. The van der Waals surface area contributed by atoms with Crippen LogP contribution in [0, 0.1) is 10.1 Å². The highest BCUT2D eigenvalue weighted by Gasteiger charge is 2.39. The third-order valence-electron chi connectivity index (χ3n) is 3.13. The highest BCUT2D eigenvalue weighted by atomic mass is 16.6. The molecule has 0 atom stereocenters. The SMILES string of the molecule is O=C1c2ccccc2C(O)=[N+]1c1ccc([N+](=O)[O-])cc1. The van der Waals surface area contributed by atoms with Gasteiger partial charge < -0.3 is 5.11 Å². The van der Waals surface area contributed by atoms with Crippen molar-refractivity contribution < 1.29 is 19.4 Å². The number of rotatable bonds is 2. The van der Waals surface area contributed by atoms with Crippen molar-refractivity contribution in [3.8, 4) is 0 Å².